The lowest BCUT2D eigenvalue weighted by molar-refractivity contribution is -0.138. The van der Waals surface area contributed by atoms with Gasteiger partial charge in [0, 0.05) is 11.1 Å². The summed E-state index contributed by atoms with van der Waals surface area (Å²) in [7, 11) is 0. The van der Waals surface area contributed by atoms with Crippen LogP contribution in [0.1, 0.15) is 11.1 Å². The average Bonchev–Trinajstić information content (AvgIpc) is 3.33. The first-order chi connectivity index (χ1) is 15.9. The molecule has 0 saturated carbocycles. The zero-order valence-corrected chi connectivity index (χ0v) is 18.1. The van der Waals surface area contributed by atoms with Crippen molar-refractivity contribution in [3.8, 4) is 22.8 Å². The van der Waals surface area contributed by atoms with Gasteiger partial charge in [-0.2, -0.15) is 45.9 Å². The van der Waals surface area contributed by atoms with Gasteiger partial charge in [0.1, 0.15) is 0 Å². The number of hydrogen-bond acceptors (Lipinski definition) is 6. The van der Waals surface area contributed by atoms with E-state index in [1.165, 1.54) is 33.6 Å². The molecule has 0 aliphatic carbocycles. The number of aromatic amines is 2. The van der Waals surface area contributed by atoms with E-state index in [2.05, 4.69) is 31.5 Å². The van der Waals surface area contributed by atoms with E-state index < -0.39 is 23.5 Å². The Balaban J connectivity index is 1.60. The molecule has 0 saturated heterocycles. The number of alkyl halides is 6. The minimum absolute atomic E-state index is 0.0634. The van der Waals surface area contributed by atoms with Crippen LogP contribution in [0.4, 0.5) is 26.3 Å². The second-order valence-corrected chi connectivity index (χ2v) is 7.52. The molecule has 0 unspecified atom stereocenters. The van der Waals surface area contributed by atoms with Crippen LogP contribution in [0.15, 0.2) is 48.5 Å². The van der Waals surface area contributed by atoms with Gasteiger partial charge in [-0.05, 0) is 48.7 Å². The Bertz CT molecular complexity index is 1300. The lowest BCUT2D eigenvalue weighted by Crippen LogP contribution is -2.30. The molecular weight excluding hydrogens is 506 g/mol. The third-order valence-corrected chi connectivity index (χ3v) is 5.11. The van der Waals surface area contributed by atoms with Gasteiger partial charge in [0.25, 0.3) is 0 Å². The molecule has 0 aliphatic heterocycles. The van der Waals surface area contributed by atoms with Crippen molar-refractivity contribution in [1.29, 1.82) is 0 Å². The predicted octanol–water partition coefficient (Wildman–Crippen LogP) is 5.27. The molecule has 178 valence electrons. The molecule has 0 bridgehead atoms. The number of nitrogens with one attached hydrogen (secondary N) is 4. The minimum atomic E-state index is -4.49. The number of rotatable bonds is 5. The molecular formula is C18H12F6N8S2. The van der Waals surface area contributed by atoms with Crippen LogP contribution in [0, 0.1) is 9.54 Å². The summed E-state index contributed by atoms with van der Waals surface area (Å²) in [4.78, 5) is 0. The first-order valence-electron chi connectivity index (χ1n) is 9.17. The summed E-state index contributed by atoms with van der Waals surface area (Å²) >= 11 is 10.3. The molecule has 0 atom stereocenters. The molecule has 2 aromatic heterocycles. The van der Waals surface area contributed by atoms with Gasteiger partial charge in [0.2, 0.25) is 9.54 Å². The van der Waals surface area contributed by atoms with Crippen LogP contribution in [-0.2, 0) is 12.4 Å². The van der Waals surface area contributed by atoms with E-state index in [0.717, 1.165) is 24.3 Å². The molecule has 2 aromatic carbocycles. The lowest BCUT2D eigenvalue weighted by Gasteiger charge is -2.15. The van der Waals surface area contributed by atoms with Gasteiger partial charge >= 0.3 is 12.4 Å². The third kappa shape index (κ3) is 4.67. The summed E-state index contributed by atoms with van der Waals surface area (Å²) in [6.45, 7) is 0. The summed E-state index contributed by atoms with van der Waals surface area (Å²) in [5.74, 6) is 0.301. The monoisotopic (exact) mass is 518 g/mol. The van der Waals surface area contributed by atoms with Gasteiger partial charge < -0.3 is 0 Å². The Labute approximate surface area is 196 Å². The highest BCUT2D eigenvalue weighted by Crippen LogP contribution is 2.31. The van der Waals surface area contributed by atoms with Gasteiger partial charge in [-0.3, -0.25) is 0 Å². The summed E-state index contributed by atoms with van der Waals surface area (Å²) in [6.07, 6.45) is -8.98. The van der Waals surface area contributed by atoms with Crippen molar-refractivity contribution in [2.75, 3.05) is 11.1 Å². The van der Waals surface area contributed by atoms with Crippen LogP contribution in [-0.4, -0.2) is 29.7 Å². The number of hydrogen-bond donors (Lipinski definition) is 4. The van der Waals surface area contributed by atoms with Gasteiger partial charge in [0.05, 0.1) is 11.1 Å². The predicted molar refractivity (Wildman–Crippen MR) is 114 cm³/mol. The van der Waals surface area contributed by atoms with Crippen LogP contribution < -0.4 is 11.1 Å². The summed E-state index contributed by atoms with van der Waals surface area (Å²) in [5, 5.41) is 13.1. The van der Waals surface area contributed by atoms with E-state index in [1.54, 1.807) is 0 Å². The van der Waals surface area contributed by atoms with Crippen molar-refractivity contribution in [2.45, 2.75) is 12.4 Å². The number of H-pyrrole nitrogens is 2. The highest BCUT2D eigenvalue weighted by molar-refractivity contribution is 7.71. The first-order valence-corrected chi connectivity index (χ1v) is 9.99. The SMILES string of the molecule is FC(F)(F)c1ccc(-c2n[nH]c(=S)n2NNn2c(-c3ccc(C(F)(F)F)cc3)n[nH]c2=S)cc1. The fourth-order valence-corrected chi connectivity index (χ4v) is 3.26. The van der Waals surface area contributed by atoms with E-state index in [0.29, 0.717) is 11.1 Å². The quantitative estimate of drug-likeness (QED) is 0.164. The van der Waals surface area contributed by atoms with Gasteiger partial charge in [-0.1, -0.05) is 24.3 Å². The van der Waals surface area contributed by atoms with E-state index >= 15 is 0 Å². The standard InChI is InChI=1S/C18H12F6N8S2/c19-17(20,21)11-5-1-9(2-6-11)13-25-27-15(33)31(13)29-30-32-14(26-28-16(32)34)10-3-7-12(8-4-10)18(22,23)24/h1-8,29-30H,(H,27,33)(H,28,34). The largest absolute Gasteiger partial charge is 0.416 e. The molecule has 34 heavy (non-hydrogen) atoms. The molecule has 0 spiro atoms. The van der Waals surface area contributed by atoms with E-state index in [9.17, 15) is 26.3 Å². The number of nitrogens with zero attached hydrogens (tertiary/aromatic N) is 4. The highest BCUT2D eigenvalue weighted by Gasteiger charge is 2.31. The first kappa shape index (κ1) is 23.5. The van der Waals surface area contributed by atoms with Crippen LogP contribution in [0.2, 0.25) is 0 Å². The molecule has 0 fully saturated rings. The summed E-state index contributed by atoms with van der Waals surface area (Å²) < 4.78 is 79.6. The van der Waals surface area contributed by atoms with Crippen molar-refractivity contribution in [3.63, 3.8) is 0 Å². The maximum atomic E-state index is 12.8. The molecule has 8 nitrogen and oxygen atoms in total. The second-order valence-electron chi connectivity index (χ2n) is 6.75. The fourth-order valence-electron chi connectivity index (χ4n) is 2.91. The van der Waals surface area contributed by atoms with Crippen LogP contribution in [0.3, 0.4) is 0 Å². The van der Waals surface area contributed by atoms with E-state index in [-0.39, 0.29) is 21.2 Å². The Morgan fingerprint density at radius 2 is 0.941 bits per heavy atom. The number of aromatic nitrogens is 6. The zero-order chi connectivity index (χ0) is 24.7. The normalized spacial score (nSPS) is 12.1. The second kappa shape index (κ2) is 8.60. The Hall–Kier alpha value is -3.66. The maximum Gasteiger partial charge on any atom is 0.416 e. The van der Waals surface area contributed by atoms with E-state index in [1.807, 2.05) is 0 Å². The molecule has 4 rings (SSSR count). The van der Waals surface area contributed by atoms with Gasteiger partial charge in [-0.25, -0.2) is 21.3 Å². The smallest absolute Gasteiger partial charge is 0.250 e. The molecule has 0 radical (unpaired) electrons. The number of benzene rings is 2. The highest BCUT2D eigenvalue weighted by atomic mass is 32.1. The van der Waals surface area contributed by atoms with Crippen LogP contribution in [0.5, 0.6) is 0 Å². The van der Waals surface area contributed by atoms with Gasteiger partial charge in [-0.15, -0.1) is 0 Å². The molecule has 4 N–H and O–H groups in total. The fraction of sp³-hybridized carbons (Fsp3) is 0.111. The van der Waals surface area contributed by atoms with E-state index in [4.69, 9.17) is 24.4 Å². The minimum Gasteiger partial charge on any atom is -0.250 e. The van der Waals surface area contributed by atoms with Crippen molar-refractivity contribution >= 4 is 24.4 Å². The summed E-state index contributed by atoms with van der Waals surface area (Å²) in [6, 6.07) is 8.51. The lowest BCUT2D eigenvalue weighted by atomic mass is 10.1. The number of hydrazine groups is 1. The van der Waals surface area contributed by atoms with Crippen molar-refractivity contribution in [2.24, 2.45) is 0 Å². The van der Waals surface area contributed by atoms with Crippen molar-refractivity contribution in [3.05, 3.63) is 69.2 Å². The Morgan fingerprint density at radius 3 is 1.24 bits per heavy atom. The van der Waals surface area contributed by atoms with Crippen molar-refractivity contribution < 1.29 is 26.3 Å². The van der Waals surface area contributed by atoms with Crippen LogP contribution in [0.25, 0.3) is 22.8 Å². The molecule has 0 aliphatic rings. The summed E-state index contributed by atoms with van der Waals surface area (Å²) in [5.41, 5.74) is 4.37. The van der Waals surface area contributed by atoms with Gasteiger partial charge in [0.15, 0.2) is 11.6 Å². The van der Waals surface area contributed by atoms with Crippen LogP contribution >= 0.6 is 24.4 Å². The topological polar surface area (TPSA) is 91.3 Å². The number of halogens is 6. The molecule has 4 aromatic rings. The van der Waals surface area contributed by atoms with Crippen molar-refractivity contribution in [1.82, 2.24) is 29.7 Å². The molecule has 2 heterocycles. The third-order valence-electron chi connectivity index (χ3n) is 4.56. The Morgan fingerprint density at radius 1 is 0.618 bits per heavy atom. The molecule has 16 heteroatoms. The molecule has 0 amide bonds. The zero-order valence-electron chi connectivity index (χ0n) is 16.5. The Kier molecular flexibility index (Phi) is 5.94. The average molecular weight is 518 g/mol. The maximum absolute atomic E-state index is 12.8.